The van der Waals surface area contributed by atoms with Gasteiger partial charge in [0.05, 0.1) is 0 Å². The van der Waals surface area contributed by atoms with Crippen LogP contribution in [0.2, 0.25) is 0 Å². The quantitative estimate of drug-likeness (QED) is 0.906. The minimum Gasteiger partial charge on any atom is -0.368 e. The molecule has 0 aliphatic heterocycles. The number of nitrogens with one attached hydrogen (secondary N) is 1. The fourth-order valence-electron chi connectivity index (χ4n) is 3.04. The summed E-state index contributed by atoms with van der Waals surface area (Å²) in [5.41, 5.74) is 2.72. The van der Waals surface area contributed by atoms with Gasteiger partial charge in [-0.3, -0.25) is 0 Å². The molecule has 0 saturated heterocycles. The van der Waals surface area contributed by atoms with Crippen LogP contribution in [-0.4, -0.2) is 19.9 Å². The van der Waals surface area contributed by atoms with Crippen molar-refractivity contribution in [2.45, 2.75) is 30.1 Å². The van der Waals surface area contributed by atoms with Gasteiger partial charge in [0, 0.05) is 18.7 Å². The van der Waals surface area contributed by atoms with E-state index in [2.05, 4.69) is 28.5 Å². The average molecular weight is 317 g/mol. The number of hydrogen-bond donors (Lipinski definition) is 2. The monoisotopic (exact) mass is 317 g/mol. The largest absolute Gasteiger partial charge is 0.368 e. The van der Waals surface area contributed by atoms with Gasteiger partial charge in [0.25, 0.3) is 0 Å². The maximum absolute atomic E-state index is 11.6. The second-order valence-electron chi connectivity index (χ2n) is 5.56. The Balaban J connectivity index is 1.80. The first kappa shape index (κ1) is 15.0. The Labute approximate surface area is 130 Å². The Morgan fingerprint density at radius 1 is 1.23 bits per heavy atom. The predicted octanol–water partition coefficient (Wildman–Crippen LogP) is 2.26. The molecule has 1 aliphatic carbocycles. The molecule has 0 radical (unpaired) electrons. The van der Waals surface area contributed by atoms with Crippen molar-refractivity contribution in [1.82, 2.24) is 4.98 Å². The molecule has 0 fully saturated rings. The number of aromatic nitrogens is 1. The van der Waals surface area contributed by atoms with E-state index >= 15 is 0 Å². The summed E-state index contributed by atoms with van der Waals surface area (Å²) in [5, 5.41) is 8.40. The van der Waals surface area contributed by atoms with E-state index in [1.54, 1.807) is 12.3 Å². The summed E-state index contributed by atoms with van der Waals surface area (Å²) in [6.45, 7) is 0.649. The number of pyridine rings is 1. The number of rotatable bonds is 4. The van der Waals surface area contributed by atoms with E-state index in [0.29, 0.717) is 18.3 Å². The molecule has 0 spiro atoms. The molecule has 1 heterocycles. The highest BCUT2D eigenvalue weighted by Crippen LogP contribution is 2.31. The van der Waals surface area contributed by atoms with Crippen molar-refractivity contribution in [2.75, 3.05) is 11.9 Å². The summed E-state index contributed by atoms with van der Waals surface area (Å²) in [4.78, 5) is 4.16. The van der Waals surface area contributed by atoms with Crippen LogP contribution < -0.4 is 10.5 Å². The molecule has 1 unspecified atom stereocenters. The molecule has 6 heteroatoms. The van der Waals surface area contributed by atoms with Gasteiger partial charge in [-0.1, -0.05) is 24.3 Å². The van der Waals surface area contributed by atoms with Gasteiger partial charge in [-0.2, -0.15) is 0 Å². The Bertz CT molecular complexity index is 774. The van der Waals surface area contributed by atoms with Gasteiger partial charge in [-0.25, -0.2) is 18.5 Å². The normalized spacial score (nSPS) is 17.8. The lowest BCUT2D eigenvalue weighted by Gasteiger charge is -2.26. The van der Waals surface area contributed by atoms with Crippen LogP contribution in [-0.2, 0) is 16.4 Å². The second kappa shape index (κ2) is 6.06. The van der Waals surface area contributed by atoms with Crippen molar-refractivity contribution >= 4 is 15.8 Å². The van der Waals surface area contributed by atoms with Crippen molar-refractivity contribution in [3.63, 3.8) is 0 Å². The number of benzene rings is 1. The maximum atomic E-state index is 11.6. The SMILES string of the molecule is NS(=O)(=O)c1cccnc1NCC1CCCc2ccccc21. The lowest BCUT2D eigenvalue weighted by Crippen LogP contribution is -2.21. The van der Waals surface area contributed by atoms with Gasteiger partial charge in [-0.15, -0.1) is 0 Å². The molecule has 2 aromatic rings. The van der Waals surface area contributed by atoms with Crippen molar-refractivity contribution < 1.29 is 8.42 Å². The summed E-state index contributed by atoms with van der Waals surface area (Å²) in [5.74, 6) is 0.688. The first-order chi connectivity index (χ1) is 10.6. The number of fused-ring (bicyclic) bond motifs is 1. The van der Waals surface area contributed by atoms with Gasteiger partial charge in [0.1, 0.15) is 10.7 Å². The van der Waals surface area contributed by atoms with Crippen molar-refractivity contribution in [3.05, 3.63) is 53.7 Å². The lowest BCUT2D eigenvalue weighted by atomic mass is 9.83. The van der Waals surface area contributed by atoms with E-state index < -0.39 is 10.0 Å². The minimum absolute atomic E-state index is 0.0408. The van der Waals surface area contributed by atoms with Crippen molar-refractivity contribution in [2.24, 2.45) is 5.14 Å². The summed E-state index contributed by atoms with van der Waals surface area (Å²) < 4.78 is 23.2. The molecule has 116 valence electrons. The average Bonchev–Trinajstić information content (AvgIpc) is 2.52. The van der Waals surface area contributed by atoms with E-state index in [1.165, 1.54) is 17.2 Å². The summed E-state index contributed by atoms with van der Waals surface area (Å²) >= 11 is 0. The molecule has 1 aromatic carbocycles. The molecular formula is C16H19N3O2S. The highest BCUT2D eigenvalue weighted by atomic mass is 32.2. The number of nitrogens with two attached hydrogens (primary N) is 1. The number of anilines is 1. The fraction of sp³-hybridized carbons (Fsp3) is 0.312. The zero-order chi connectivity index (χ0) is 15.6. The zero-order valence-corrected chi connectivity index (χ0v) is 13.0. The van der Waals surface area contributed by atoms with E-state index in [4.69, 9.17) is 5.14 Å². The predicted molar refractivity (Wildman–Crippen MR) is 86.2 cm³/mol. The number of primary sulfonamides is 1. The maximum Gasteiger partial charge on any atom is 0.241 e. The fourth-order valence-corrected chi connectivity index (χ4v) is 3.70. The Morgan fingerprint density at radius 2 is 2.05 bits per heavy atom. The van der Waals surface area contributed by atoms with Gasteiger partial charge in [0.2, 0.25) is 10.0 Å². The van der Waals surface area contributed by atoms with Crippen LogP contribution in [0.3, 0.4) is 0 Å². The number of sulfonamides is 1. The molecule has 1 aliphatic rings. The number of hydrogen-bond acceptors (Lipinski definition) is 4. The topological polar surface area (TPSA) is 85.1 Å². The second-order valence-corrected chi connectivity index (χ2v) is 7.09. The van der Waals surface area contributed by atoms with Crippen LogP contribution in [0.1, 0.15) is 29.9 Å². The van der Waals surface area contributed by atoms with E-state index in [-0.39, 0.29) is 4.90 Å². The van der Waals surface area contributed by atoms with Crippen LogP contribution in [0.4, 0.5) is 5.82 Å². The van der Waals surface area contributed by atoms with E-state index in [9.17, 15) is 8.42 Å². The Hall–Kier alpha value is -1.92. The van der Waals surface area contributed by atoms with Gasteiger partial charge in [-0.05, 0) is 42.5 Å². The van der Waals surface area contributed by atoms with E-state index in [0.717, 1.165) is 19.3 Å². The van der Waals surface area contributed by atoms with Crippen LogP contribution >= 0.6 is 0 Å². The van der Waals surface area contributed by atoms with Crippen LogP contribution in [0, 0.1) is 0 Å². The Morgan fingerprint density at radius 3 is 2.86 bits per heavy atom. The molecule has 0 amide bonds. The number of nitrogens with zero attached hydrogens (tertiary/aromatic N) is 1. The number of aryl methyl sites for hydroxylation is 1. The van der Waals surface area contributed by atoms with Crippen molar-refractivity contribution in [3.8, 4) is 0 Å². The molecule has 5 nitrogen and oxygen atoms in total. The molecule has 3 rings (SSSR count). The molecule has 1 aromatic heterocycles. The summed E-state index contributed by atoms with van der Waals surface area (Å²) in [6, 6.07) is 11.5. The Kier molecular flexibility index (Phi) is 4.13. The van der Waals surface area contributed by atoms with Gasteiger partial charge in [0.15, 0.2) is 0 Å². The summed E-state index contributed by atoms with van der Waals surface area (Å²) in [7, 11) is -3.77. The standard InChI is InChI=1S/C16H19N3O2S/c17-22(20,21)15-9-4-10-18-16(15)19-11-13-7-3-6-12-5-1-2-8-14(12)13/h1-2,4-5,8-10,13H,3,6-7,11H2,(H,18,19)(H2,17,20,21). The third-order valence-electron chi connectivity index (χ3n) is 4.09. The first-order valence-corrected chi connectivity index (χ1v) is 8.90. The molecular weight excluding hydrogens is 298 g/mol. The third-order valence-corrected chi connectivity index (χ3v) is 5.03. The molecule has 1 atom stereocenters. The first-order valence-electron chi connectivity index (χ1n) is 7.35. The minimum atomic E-state index is -3.77. The summed E-state index contributed by atoms with van der Waals surface area (Å²) in [6.07, 6.45) is 4.90. The molecule has 0 saturated carbocycles. The lowest BCUT2D eigenvalue weighted by molar-refractivity contribution is 0.570. The van der Waals surface area contributed by atoms with Crippen LogP contribution in [0.25, 0.3) is 0 Å². The van der Waals surface area contributed by atoms with Crippen LogP contribution in [0.15, 0.2) is 47.5 Å². The highest BCUT2D eigenvalue weighted by Gasteiger charge is 2.21. The van der Waals surface area contributed by atoms with Gasteiger partial charge >= 0.3 is 0 Å². The molecule has 0 bridgehead atoms. The van der Waals surface area contributed by atoms with Crippen LogP contribution in [0.5, 0.6) is 0 Å². The molecule has 3 N–H and O–H groups in total. The molecule has 22 heavy (non-hydrogen) atoms. The smallest absolute Gasteiger partial charge is 0.241 e. The van der Waals surface area contributed by atoms with Gasteiger partial charge < -0.3 is 5.32 Å². The zero-order valence-electron chi connectivity index (χ0n) is 12.2. The third kappa shape index (κ3) is 3.13. The highest BCUT2D eigenvalue weighted by molar-refractivity contribution is 7.89. The van der Waals surface area contributed by atoms with Crippen molar-refractivity contribution in [1.29, 1.82) is 0 Å². The van der Waals surface area contributed by atoms with E-state index in [1.807, 2.05) is 6.07 Å².